The second-order valence-corrected chi connectivity index (χ2v) is 9.47. The highest BCUT2D eigenvalue weighted by molar-refractivity contribution is 7.92. The molecular formula is C25H27ClN2O5S. The Labute approximate surface area is 205 Å². The van der Waals surface area contributed by atoms with Crippen molar-refractivity contribution in [2.75, 3.05) is 17.9 Å². The van der Waals surface area contributed by atoms with E-state index < -0.39 is 15.9 Å². The number of carbonyl (C=O) groups is 1. The zero-order chi connectivity index (χ0) is 24.7. The number of hydrogen-bond acceptors (Lipinski definition) is 5. The first kappa shape index (κ1) is 25.4. The third-order valence-electron chi connectivity index (χ3n) is 4.93. The Balaban J connectivity index is 1.79. The fraction of sp³-hybridized carbons (Fsp3) is 0.240. The molecule has 3 aromatic carbocycles. The zero-order valence-electron chi connectivity index (χ0n) is 19.2. The molecule has 9 heteroatoms. The van der Waals surface area contributed by atoms with Crippen LogP contribution < -0.4 is 19.5 Å². The van der Waals surface area contributed by atoms with Crippen molar-refractivity contribution in [2.24, 2.45) is 0 Å². The molecule has 0 fully saturated rings. The first-order chi connectivity index (χ1) is 16.2. The summed E-state index contributed by atoms with van der Waals surface area (Å²) < 4.78 is 39.0. The van der Waals surface area contributed by atoms with Gasteiger partial charge in [0.1, 0.15) is 0 Å². The summed E-state index contributed by atoms with van der Waals surface area (Å²) in [6, 6.07) is 17.5. The topological polar surface area (TPSA) is 93.7 Å². The van der Waals surface area contributed by atoms with Crippen LogP contribution in [0.25, 0.3) is 0 Å². The van der Waals surface area contributed by atoms with Crippen LogP contribution in [-0.2, 0) is 10.0 Å². The lowest BCUT2D eigenvalue weighted by atomic mass is 10.1. The summed E-state index contributed by atoms with van der Waals surface area (Å²) in [5.74, 6) is 0.788. The molecule has 7 nitrogen and oxygen atoms in total. The molecule has 34 heavy (non-hydrogen) atoms. The monoisotopic (exact) mass is 502 g/mol. The van der Waals surface area contributed by atoms with E-state index >= 15 is 0 Å². The minimum absolute atomic E-state index is 0.116. The quantitative estimate of drug-likeness (QED) is 0.385. The van der Waals surface area contributed by atoms with Gasteiger partial charge in [-0.3, -0.25) is 9.52 Å². The molecule has 3 rings (SSSR count). The lowest BCUT2D eigenvalue weighted by molar-refractivity contribution is 0.0940. The highest BCUT2D eigenvalue weighted by atomic mass is 35.5. The van der Waals surface area contributed by atoms with E-state index in [1.165, 1.54) is 30.3 Å². The minimum atomic E-state index is -3.80. The summed E-state index contributed by atoms with van der Waals surface area (Å²) in [7, 11) is -3.80. The highest BCUT2D eigenvalue weighted by Gasteiger charge is 2.19. The van der Waals surface area contributed by atoms with Crippen molar-refractivity contribution in [2.45, 2.75) is 31.7 Å². The van der Waals surface area contributed by atoms with Gasteiger partial charge in [0.2, 0.25) is 0 Å². The second kappa shape index (κ2) is 11.3. The van der Waals surface area contributed by atoms with Crippen LogP contribution in [0.3, 0.4) is 0 Å². The Hall–Kier alpha value is -3.23. The Bertz CT molecular complexity index is 1250. The van der Waals surface area contributed by atoms with Crippen molar-refractivity contribution in [1.29, 1.82) is 0 Å². The van der Waals surface area contributed by atoms with Crippen LogP contribution in [0.4, 0.5) is 5.69 Å². The molecule has 1 atom stereocenters. The van der Waals surface area contributed by atoms with Crippen LogP contribution in [0.2, 0.25) is 5.02 Å². The molecule has 1 amide bonds. The van der Waals surface area contributed by atoms with Crippen molar-refractivity contribution in [3.8, 4) is 11.5 Å². The van der Waals surface area contributed by atoms with E-state index in [1.807, 2.05) is 32.9 Å². The molecule has 0 bridgehead atoms. The Morgan fingerprint density at radius 1 is 0.941 bits per heavy atom. The fourth-order valence-electron chi connectivity index (χ4n) is 3.27. The number of ether oxygens (including phenoxy) is 2. The van der Waals surface area contributed by atoms with Crippen molar-refractivity contribution in [3.05, 3.63) is 82.9 Å². The van der Waals surface area contributed by atoms with E-state index in [4.69, 9.17) is 21.1 Å². The molecule has 0 aromatic heterocycles. The van der Waals surface area contributed by atoms with Gasteiger partial charge in [-0.15, -0.1) is 0 Å². The van der Waals surface area contributed by atoms with Crippen molar-refractivity contribution < 1.29 is 22.7 Å². The summed E-state index contributed by atoms with van der Waals surface area (Å²) in [6.45, 7) is 6.60. The molecule has 0 aliphatic heterocycles. The molecule has 0 spiro atoms. The largest absolute Gasteiger partial charge is 0.490 e. The highest BCUT2D eigenvalue weighted by Crippen LogP contribution is 2.31. The first-order valence-corrected chi connectivity index (χ1v) is 12.7. The van der Waals surface area contributed by atoms with Gasteiger partial charge in [-0.05, 0) is 68.8 Å². The van der Waals surface area contributed by atoms with Crippen LogP contribution in [0.5, 0.6) is 11.5 Å². The van der Waals surface area contributed by atoms with Crippen LogP contribution in [0.15, 0.2) is 71.6 Å². The number of hydrogen-bond donors (Lipinski definition) is 2. The Morgan fingerprint density at radius 3 is 2.29 bits per heavy atom. The molecular weight excluding hydrogens is 476 g/mol. The van der Waals surface area contributed by atoms with Crippen LogP contribution in [-0.4, -0.2) is 27.5 Å². The van der Waals surface area contributed by atoms with Crippen LogP contribution in [0.1, 0.15) is 42.7 Å². The molecule has 0 aliphatic rings. The minimum Gasteiger partial charge on any atom is -0.490 e. The van der Waals surface area contributed by atoms with E-state index in [-0.39, 0.29) is 27.2 Å². The van der Waals surface area contributed by atoms with Gasteiger partial charge in [-0.2, -0.15) is 0 Å². The number of nitrogens with one attached hydrogen (secondary N) is 2. The number of rotatable bonds is 10. The van der Waals surface area contributed by atoms with E-state index in [2.05, 4.69) is 10.0 Å². The number of sulfonamides is 1. The number of carbonyl (C=O) groups excluding carboxylic acids is 1. The average molecular weight is 503 g/mol. The molecule has 0 heterocycles. The van der Waals surface area contributed by atoms with Gasteiger partial charge in [0.05, 0.1) is 34.7 Å². The van der Waals surface area contributed by atoms with E-state index in [9.17, 15) is 13.2 Å². The summed E-state index contributed by atoms with van der Waals surface area (Å²) >= 11 is 6.26. The zero-order valence-corrected chi connectivity index (χ0v) is 20.7. The summed E-state index contributed by atoms with van der Waals surface area (Å²) in [5.41, 5.74) is 1.20. The van der Waals surface area contributed by atoms with Gasteiger partial charge in [0.15, 0.2) is 11.5 Å². The number of benzene rings is 3. The first-order valence-electron chi connectivity index (χ1n) is 10.8. The third kappa shape index (κ3) is 6.21. The molecule has 0 unspecified atom stereocenters. The lowest BCUT2D eigenvalue weighted by Gasteiger charge is -2.18. The maximum atomic E-state index is 13.0. The van der Waals surface area contributed by atoms with E-state index in [1.54, 1.807) is 24.3 Å². The van der Waals surface area contributed by atoms with E-state index in [0.717, 1.165) is 5.56 Å². The average Bonchev–Trinajstić information content (AvgIpc) is 2.82. The normalized spacial score (nSPS) is 12.0. The van der Waals surface area contributed by atoms with Crippen LogP contribution in [0, 0.1) is 0 Å². The SMILES string of the molecule is CCOc1ccc([C@H](C)NC(=O)c2cc(NS(=O)(=O)c3ccccc3)ccc2Cl)cc1OCC. The summed E-state index contributed by atoms with van der Waals surface area (Å²) in [6.07, 6.45) is 0. The molecule has 0 saturated carbocycles. The molecule has 0 aliphatic carbocycles. The molecule has 180 valence electrons. The lowest BCUT2D eigenvalue weighted by Crippen LogP contribution is -2.27. The smallest absolute Gasteiger partial charge is 0.261 e. The van der Waals surface area contributed by atoms with Gasteiger partial charge < -0.3 is 14.8 Å². The van der Waals surface area contributed by atoms with Crippen molar-refractivity contribution in [1.82, 2.24) is 5.32 Å². The summed E-state index contributed by atoms with van der Waals surface area (Å²) in [4.78, 5) is 13.1. The van der Waals surface area contributed by atoms with Gasteiger partial charge in [0, 0.05) is 5.69 Å². The predicted molar refractivity (Wildman–Crippen MR) is 133 cm³/mol. The predicted octanol–water partition coefficient (Wildman–Crippen LogP) is 5.43. The number of amides is 1. The number of halogens is 1. The summed E-state index contributed by atoms with van der Waals surface area (Å²) in [5, 5.41) is 3.10. The number of anilines is 1. The maximum absolute atomic E-state index is 13.0. The van der Waals surface area contributed by atoms with E-state index in [0.29, 0.717) is 24.7 Å². The van der Waals surface area contributed by atoms with Crippen LogP contribution >= 0.6 is 11.6 Å². The van der Waals surface area contributed by atoms with Gasteiger partial charge in [-0.1, -0.05) is 35.9 Å². The Kier molecular flexibility index (Phi) is 8.41. The molecule has 0 saturated heterocycles. The maximum Gasteiger partial charge on any atom is 0.261 e. The van der Waals surface area contributed by atoms with Gasteiger partial charge >= 0.3 is 0 Å². The molecule has 0 radical (unpaired) electrons. The van der Waals surface area contributed by atoms with Crippen molar-refractivity contribution in [3.63, 3.8) is 0 Å². The second-order valence-electron chi connectivity index (χ2n) is 7.38. The Morgan fingerprint density at radius 2 is 1.62 bits per heavy atom. The van der Waals surface area contributed by atoms with Gasteiger partial charge in [-0.25, -0.2) is 8.42 Å². The van der Waals surface area contributed by atoms with Crippen molar-refractivity contribution >= 4 is 33.2 Å². The molecule has 2 N–H and O–H groups in total. The standard InChI is InChI=1S/C25H27ClN2O5S/c1-4-32-23-14-11-18(15-24(23)33-5-2)17(3)27-25(29)21-16-19(12-13-22(21)26)28-34(30,31)20-9-7-6-8-10-20/h6-17,28H,4-5H2,1-3H3,(H,27,29)/t17-/m0/s1. The van der Waals surface area contributed by atoms with Gasteiger partial charge in [0.25, 0.3) is 15.9 Å². The fourth-order valence-corrected chi connectivity index (χ4v) is 4.55. The molecule has 3 aromatic rings. The third-order valence-corrected chi connectivity index (χ3v) is 6.66.